The van der Waals surface area contributed by atoms with Crippen LogP contribution in [0.1, 0.15) is 70.6 Å². The fraction of sp³-hybridized carbons (Fsp3) is 0.532. The van der Waals surface area contributed by atoms with Gasteiger partial charge in [-0.1, -0.05) is 41.9 Å². The number of hydrogen-bond acceptors (Lipinski definition) is 26. The number of aryl methyl sites for hydroxylation is 1. The number of piperazine rings is 1. The first-order valence-corrected chi connectivity index (χ1v) is 32.5. The van der Waals surface area contributed by atoms with E-state index in [0.29, 0.717) is 52.6 Å². The molecule has 5 aliphatic heterocycles. The van der Waals surface area contributed by atoms with Gasteiger partial charge in [0.1, 0.15) is 42.8 Å². The van der Waals surface area contributed by atoms with Crippen LogP contribution in [-0.4, -0.2) is 252 Å². The van der Waals surface area contributed by atoms with Crippen LogP contribution in [0.25, 0.3) is 22.1 Å². The number of H-pyrrole nitrogens is 4. The van der Waals surface area contributed by atoms with Crippen LogP contribution in [0.3, 0.4) is 0 Å². The summed E-state index contributed by atoms with van der Waals surface area (Å²) in [5.74, 6) is -0.601. The van der Waals surface area contributed by atoms with Crippen molar-refractivity contribution in [1.29, 1.82) is 0 Å². The number of nitrogens with one attached hydrogen (secondary N) is 12. The van der Waals surface area contributed by atoms with E-state index < -0.39 is 31.0 Å². The Morgan fingerprint density at radius 2 is 1.31 bits per heavy atom. The monoisotopic (exact) mass is 1350 g/mol. The molecule has 0 radical (unpaired) electrons. The molecule has 32 nitrogen and oxygen atoms in total. The number of fused-ring (bicyclic) bond motifs is 3. The number of aliphatic hydroxyl groups excluding tert-OH is 5. The number of imide groups is 1. The quantitative estimate of drug-likeness (QED) is 0.0413. The molecule has 4 fully saturated rings. The van der Waals surface area contributed by atoms with Crippen molar-refractivity contribution in [2.45, 2.75) is 94.4 Å². The largest absolute Gasteiger partial charge is 0.394 e. The van der Waals surface area contributed by atoms with Gasteiger partial charge in [0.05, 0.1) is 42.8 Å². The Morgan fingerprint density at radius 1 is 0.674 bits per heavy atom. The maximum atomic E-state index is 10.9. The van der Waals surface area contributed by atoms with Crippen molar-refractivity contribution < 1.29 is 35.1 Å². The number of rotatable bonds is 14. The van der Waals surface area contributed by atoms with Gasteiger partial charge in [0, 0.05) is 113 Å². The van der Waals surface area contributed by atoms with Gasteiger partial charge < -0.3 is 111 Å². The van der Waals surface area contributed by atoms with E-state index in [1.807, 2.05) is 22.9 Å². The highest BCUT2D eigenvalue weighted by molar-refractivity contribution is 6.33. The molecule has 95 heavy (non-hydrogen) atoms. The Hall–Kier alpha value is -7.16. The van der Waals surface area contributed by atoms with Crippen LogP contribution in [0, 0.1) is 0 Å². The molecule has 5 aliphatic rings. The predicted octanol–water partition coefficient (Wildman–Crippen LogP) is -2.02. The van der Waals surface area contributed by atoms with Gasteiger partial charge >= 0.3 is 0 Å². The number of imidazole rings is 3. The van der Waals surface area contributed by atoms with Crippen LogP contribution in [0.5, 0.6) is 0 Å². The van der Waals surface area contributed by atoms with E-state index in [4.69, 9.17) is 60.7 Å². The minimum Gasteiger partial charge on any atom is -0.394 e. The number of benzene rings is 2. The standard InChI is InChI=1S/C10H12N2.C8H5NO2.C7H17NO5.C6H11N3.C5H3ClN4.C5H9N3.3C5H12N2.C4H10N2.C2H3N3/c11-6-5-9-7-8-3-1-2-4-10(8)12-9;10-7-5-3-1-2-4-6(5)8(11)9-7;1-8-2-4(10)6(12)7(13)5(11)3-9;7-2-1-4-9-5-3-8-6-9;6-4-3-5(9-1-7-3)10-2-8-4;6-2-1-5-3-7-4-8-5;6-5-1-3-7-4-2-5;1-2-6-4-5-7-3-1;6-4-5-2-1-3-7-5;1-2-6-4-3-5-1;1-3-2-5-4-1/h1-4,7,12H,5-6,11H2;1-4H,(H,9,10,11);4-13H,2-3H2,1H3;3,5-6H,1-2,4,7H2;1-2H,(H,7,8,9,10);3-4H,1-2,6H2,(H,7,8);5,7H,1-4,6H2;6-7H,1-5H2;5,7H,1-4,6H2;5-6H,1-4H2;1-2H,(H,3,4,5)/t;;;;;;;;5-;;/m........0../s1. The van der Waals surface area contributed by atoms with Crippen LogP contribution in [0.2, 0.25) is 5.15 Å². The van der Waals surface area contributed by atoms with Crippen molar-refractivity contribution in [2.75, 3.05) is 118 Å². The lowest BCUT2D eigenvalue weighted by Gasteiger charge is -2.25. The van der Waals surface area contributed by atoms with Crippen molar-refractivity contribution in [3.8, 4) is 0 Å². The van der Waals surface area contributed by atoms with Crippen LogP contribution < -0.4 is 71.2 Å². The summed E-state index contributed by atoms with van der Waals surface area (Å²) >= 11 is 5.68. The van der Waals surface area contributed by atoms with Crippen LogP contribution >= 0.6 is 11.6 Å². The lowest BCUT2D eigenvalue weighted by molar-refractivity contribution is -0.113. The maximum Gasteiger partial charge on any atom is 0.258 e. The summed E-state index contributed by atoms with van der Waals surface area (Å²) in [4.78, 5) is 53.8. The molecule has 528 valence electrons. The summed E-state index contributed by atoms with van der Waals surface area (Å²) < 4.78 is 2.02. The van der Waals surface area contributed by atoms with Crippen LogP contribution in [-0.2, 0) is 19.4 Å². The second-order valence-corrected chi connectivity index (χ2v) is 21.9. The van der Waals surface area contributed by atoms with Gasteiger partial charge in [-0.2, -0.15) is 5.10 Å². The number of likely N-dealkylation sites (N-methyl/N-ethyl adjacent to an activating group) is 1. The number of hydrogen-bond donors (Lipinski definition) is 22. The zero-order chi connectivity index (χ0) is 68.9. The summed E-state index contributed by atoms with van der Waals surface area (Å²) in [6, 6.07) is 18.2. The predicted molar refractivity (Wildman–Crippen MR) is 371 cm³/mol. The second kappa shape index (κ2) is 53.0. The molecule has 0 spiro atoms. The number of aromatic nitrogens is 12. The van der Waals surface area contributed by atoms with E-state index >= 15 is 0 Å². The molecule has 4 unspecified atom stereocenters. The highest BCUT2D eigenvalue weighted by Crippen LogP contribution is 2.16. The van der Waals surface area contributed by atoms with E-state index in [2.05, 4.69) is 116 Å². The van der Waals surface area contributed by atoms with E-state index in [0.717, 1.165) is 110 Å². The van der Waals surface area contributed by atoms with E-state index in [9.17, 15) is 14.7 Å². The topological polar surface area (TPSA) is 520 Å². The Balaban J connectivity index is 0.000000275. The van der Waals surface area contributed by atoms with Gasteiger partial charge in [0.15, 0.2) is 10.8 Å². The summed E-state index contributed by atoms with van der Waals surface area (Å²) in [5.41, 5.74) is 32.8. The molecule has 0 saturated carbocycles. The third-order valence-corrected chi connectivity index (χ3v) is 14.3. The average molecular weight is 1350 g/mol. The molecule has 2 aromatic carbocycles. The molecule has 33 heteroatoms. The molecule has 5 atom stereocenters. The van der Waals surface area contributed by atoms with Crippen molar-refractivity contribution in [3.63, 3.8) is 0 Å². The van der Waals surface area contributed by atoms with Gasteiger partial charge in [0.25, 0.3) is 11.8 Å². The zero-order valence-electron chi connectivity index (χ0n) is 54.6. The fourth-order valence-corrected chi connectivity index (χ4v) is 8.96. The SMILES string of the molecule is C1CNCCN1.C1CNCCNC1.CNCC(O)C(O)C(O)C(O)CO.Clc1ncnc2nc[nH]c12.NC1CCNCC1.NCCCn1ccnc1.NCCc1cc2ccccc2[nH]1.NCCc1cnc[nH]1.NC[C@@H]1CCCN1.O=C1NC(=O)c2ccccc21.c1nc[nH]n1. The highest BCUT2D eigenvalue weighted by atomic mass is 35.5. The number of carbonyl (C=O) groups is 2. The van der Waals surface area contributed by atoms with Crippen molar-refractivity contribution in [3.05, 3.63) is 139 Å². The molecular weight excluding hydrogens is 1240 g/mol. The van der Waals surface area contributed by atoms with Gasteiger partial charge in [-0.3, -0.25) is 20.0 Å². The summed E-state index contributed by atoms with van der Waals surface area (Å²) in [5, 5.41) is 76.9. The smallest absolute Gasteiger partial charge is 0.258 e. The first kappa shape index (κ1) is 82.1. The van der Waals surface area contributed by atoms with Crippen LogP contribution in [0.4, 0.5) is 0 Å². The lowest BCUT2D eigenvalue weighted by atomic mass is 10.0. The number of amides is 2. The number of piperidine rings is 1. The van der Waals surface area contributed by atoms with Crippen molar-refractivity contribution in [1.82, 2.24) is 102 Å². The first-order chi connectivity index (χ1) is 46.3. The Kier molecular flexibility index (Phi) is 45.8. The summed E-state index contributed by atoms with van der Waals surface area (Å²) in [6.07, 6.45) is 18.2. The number of carbonyl (C=O) groups excluding carboxylic acids is 2. The number of nitrogens with two attached hydrogens (primary N) is 5. The van der Waals surface area contributed by atoms with Crippen LogP contribution in [0.15, 0.2) is 111 Å². The number of aliphatic hydroxyl groups is 5. The zero-order valence-corrected chi connectivity index (χ0v) is 55.4. The number of halogens is 1. The molecule has 6 aromatic heterocycles. The highest BCUT2D eigenvalue weighted by Gasteiger charge is 2.29. The second-order valence-electron chi connectivity index (χ2n) is 21.6. The van der Waals surface area contributed by atoms with E-state index in [-0.39, 0.29) is 18.4 Å². The first-order valence-electron chi connectivity index (χ1n) is 32.1. The molecule has 0 bridgehead atoms. The lowest BCUT2D eigenvalue weighted by Crippen LogP contribution is -2.48. The van der Waals surface area contributed by atoms with Crippen molar-refractivity contribution >= 4 is 45.5 Å². The van der Waals surface area contributed by atoms with E-state index in [1.54, 1.807) is 56.4 Å². The molecule has 27 N–H and O–H groups in total. The normalized spacial score (nSPS) is 16.6. The molecule has 2 amide bonds. The number of nitrogens with zero attached hydrogens (tertiary/aromatic N) is 8. The van der Waals surface area contributed by atoms with Gasteiger partial charge in [0.2, 0.25) is 0 Å². The van der Waals surface area contributed by atoms with Gasteiger partial charge in [-0.05, 0) is 134 Å². The number of aromatic amines is 4. The molecule has 0 aliphatic carbocycles. The molecule has 8 aromatic rings. The molecule has 11 heterocycles. The summed E-state index contributed by atoms with van der Waals surface area (Å²) in [6.45, 7) is 16.0. The summed E-state index contributed by atoms with van der Waals surface area (Å²) in [7, 11) is 1.57. The third-order valence-electron chi connectivity index (χ3n) is 14.0. The Bertz CT molecular complexity index is 2940. The third kappa shape index (κ3) is 36.5. The van der Waals surface area contributed by atoms with Gasteiger partial charge in [-0.25, -0.2) is 29.9 Å². The minimum absolute atomic E-state index is 0.0936. The Morgan fingerprint density at radius 3 is 1.78 bits per heavy atom. The molecular formula is C62H106ClN25O7. The van der Waals surface area contributed by atoms with E-state index in [1.165, 1.54) is 80.8 Å². The maximum absolute atomic E-state index is 10.9. The molecule has 13 rings (SSSR count). The van der Waals surface area contributed by atoms with Gasteiger partial charge in [-0.15, -0.1) is 0 Å². The fourth-order valence-electron chi connectivity index (χ4n) is 8.78. The average Bonchev–Trinajstić information content (AvgIpc) is 1.73. The number of para-hydroxylation sites is 1. The minimum atomic E-state index is -1.55. The Labute approximate surface area is 560 Å². The molecule has 4 saturated heterocycles. The van der Waals surface area contributed by atoms with Crippen molar-refractivity contribution in [2.24, 2.45) is 28.7 Å².